The zero-order valence-corrected chi connectivity index (χ0v) is 17.4. The predicted molar refractivity (Wildman–Crippen MR) is 113 cm³/mol. The van der Waals surface area contributed by atoms with E-state index < -0.39 is 0 Å². The van der Waals surface area contributed by atoms with Crippen molar-refractivity contribution in [2.45, 2.75) is 16.7 Å². The number of nitrogens with one attached hydrogen (secondary N) is 2. The number of nitrogens with zero attached hydrogens (tertiary/aromatic N) is 1. The van der Waals surface area contributed by atoms with Crippen LogP contribution in [0.1, 0.15) is 27.6 Å². The predicted octanol–water partition coefficient (Wildman–Crippen LogP) is 1.46. The summed E-state index contributed by atoms with van der Waals surface area (Å²) in [6.45, 7) is 7.57. The van der Waals surface area contributed by atoms with Gasteiger partial charge in [-0.25, -0.2) is 0 Å². The third kappa shape index (κ3) is 4.32. The van der Waals surface area contributed by atoms with Gasteiger partial charge in [-0.15, -0.1) is 0 Å². The van der Waals surface area contributed by atoms with E-state index in [9.17, 15) is 9.59 Å². The average molecular weight is 413 g/mol. The quantitative estimate of drug-likeness (QED) is 0.781. The number of carbonyl (C=O) groups excluding carboxylic acids is 2. The van der Waals surface area contributed by atoms with E-state index in [1.165, 1.54) is 4.90 Å². The van der Waals surface area contributed by atoms with E-state index in [2.05, 4.69) is 5.32 Å². The van der Waals surface area contributed by atoms with Crippen LogP contribution >= 0.6 is 11.8 Å². The van der Waals surface area contributed by atoms with Crippen molar-refractivity contribution in [1.82, 2.24) is 5.32 Å². The molecule has 0 spiro atoms. The van der Waals surface area contributed by atoms with Gasteiger partial charge in [-0.1, -0.05) is 23.9 Å². The van der Waals surface area contributed by atoms with Crippen molar-refractivity contribution in [3.63, 3.8) is 0 Å². The number of rotatable bonds is 5. The minimum Gasteiger partial charge on any atom is -0.370 e. The first-order valence-electron chi connectivity index (χ1n) is 10.1. The van der Waals surface area contributed by atoms with E-state index in [0.717, 1.165) is 48.3 Å². The van der Waals surface area contributed by atoms with Gasteiger partial charge in [0.15, 0.2) is 0 Å². The highest BCUT2D eigenvalue weighted by Crippen LogP contribution is 2.41. The number of fused-ring (bicyclic) bond motifs is 2. The van der Waals surface area contributed by atoms with Gasteiger partial charge in [-0.3, -0.25) is 9.59 Å². The standard InChI is InChI=1S/C22H25N3O3S/c1-2-25-18-15-16(21(26)23-9-10-24-11-13-28-14-12-24)7-8-20(18)29-19-6-4-3-5-17(19)22(25)27/h3-8,15H,2,9-14H2,1H3,(H,23,26)/p+1. The maximum Gasteiger partial charge on any atom is 0.259 e. The third-order valence-corrected chi connectivity index (χ3v) is 6.52. The van der Waals surface area contributed by atoms with E-state index in [1.807, 2.05) is 49.4 Å². The lowest BCUT2D eigenvalue weighted by Crippen LogP contribution is -3.14. The van der Waals surface area contributed by atoms with E-state index in [4.69, 9.17) is 4.74 Å². The Kier molecular flexibility index (Phi) is 6.18. The molecule has 152 valence electrons. The van der Waals surface area contributed by atoms with E-state index in [-0.39, 0.29) is 11.8 Å². The highest BCUT2D eigenvalue weighted by molar-refractivity contribution is 7.99. The van der Waals surface area contributed by atoms with Crippen molar-refractivity contribution >= 4 is 29.3 Å². The zero-order chi connectivity index (χ0) is 20.2. The Morgan fingerprint density at radius 2 is 1.97 bits per heavy atom. The molecule has 29 heavy (non-hydrogen) atoms. The Morgan fingerprint density at radius 1 is 1.17 bits per heavy atom. The fraction of sp³-hybridized carbons (Fsp3) is 0.364. The number of benzene rings is 2. The Hall–Kier alpha value is -2.35. The van der Waals surface area contributed by atoms with Gasteiger partial charge in [-0.2, -0.15) is 0 Å². The number of morpholine rings is 1. The van der Waals surface area contributed by atoms with Gasteiger partial charge in [0.25, 0.3) is 11.8 Å². The summed E-state index contributed by atoms with van der Waals surface area (Å²) >= 11 is 1.57. The van der Waals surface area contributed by atoms with Gasteiger partial charge in [0.05, 0.1) is 37.6 Å². The van der Waals surface area contributed by atoms with Crippen LogP contribution in [0.15, 0.2) is 52.3 Å². The Morgan fingerprint density at radius 3 is 2.76 bits per heavy atom. The SMILES string of the molecule is CCN1C(=O)c2ccccc2Sc2ccc(C(=O)NCC[NH+]3CCOCC3)cc21. The molecule has 7 heteroatoms. The lowest BCUT2D eigenvalue weighted by molar-refractivity contribution is -0.906. The zero-order valence-electron chi connectivity index (χ0n) is 16.6. The van der Waals surface area contributed by atoms with Crippen LogP contribution in [0.4, 0.5) is 5.69 Å². The highest BCUT2D eigenvalue weighted by atomic mass is 32.2. The molecule has 2 heterocycles. The molecule has 0 bridgehead atoms. The highest BCUT2D eigenvalue weighted by Gasteiger charge is 2.27. The fourth-order valence-electron chi connectivity index (χ4n) is 3.74. The van der Waals surface area contributed by atoms with Crippen molar-refractivity contribution < 1.29 is 19.2 Å². The second kappa shape index (κ2) is 8.98. The van der Waals surface area contributed by atoms with Crippen LogP contribution in [0, 0.1) is 0 Å². The van der Waals surface area contributed by atoms with Crippen LogP contribution in [0.3, 0.4) is 0 Å². The van der Waals surface area contributed by atoms with Gasteiger partial charge in [0.1, 0.15) is 13.1 Å². The van der Waals surface area contributed by atoms with E-state index in [0.29, 0.717) is 24.2 Å². The van der Waals surface area contributed by atoms with E-state index in [1.54, 1.807) is 16.7 Å². The van der Waals surface area contributed by atoms with Crippen LogP contribution in [-0.2, 0) is 4.74 Å². The Bertz CT molecular complexity index is 912. The summed E-state index contributed by atoms with van der Waals surface area (Å²) in [6, 6.07) is 13.3. The summed E-state index contributed by atoms with van der Waals surface area (Å²) in [5.74, 6) is -0.126. The smallest absolute Gasteiger partial charge is 0.259 e. The van der Waals surface area contributed by atoms with Crippen LogP contribution in [0.25, 0.3) is 0 Å². The minimum atomic E-state index is -0.101. The second-order valence-electron chi connectivity index (χ2n) is 7.20. The molecule has 0 saturated carbocycles. The largest absolute Gasteiger partial charge is 0.370 e. The lowest BCUT2D eigenvalue weighted by atomic mass is 10.1. The molecule has 0 atom stereocenters. The van der Waals surface area contributed by atoms with Crippen LogP contribution < -0.4 is 15.1 Å². The monoisotopic (exact) mass is 412 g/mol. The molecule has 2 aromatic rings. The molecule has 2 N–H and O–H groups in total. The summed E-state index contributed by atoms with van der Waals surface area (Å²) in [7, 11) is 0. The molecule has 0 aliphatic carbocycles. The first-order chi connectivity index (χ1) is 14.2. The Balaban J connectivity index is 1.51. The van der Waals surface area contributed by atoms with Gasteiger partial charge in [-0.05, 0) is 37.3 Å². The fourth-order valence-corrected chi connectivity index (χ4v) is 4.80. The summed E-state index contributed by atoms with van der Waals surface area (Å²) in [5, 5.41) is 3.02. The normalized spacial score (nSPS) is 16.7. The van der Waals surface area contributed by atoms with Crippen molar-refractivity contribution in [3.8, 4) is 0 Å². The summed E-state index contributed by atoms with van der Waals surface area (Å²) in [5.41, 5.74) is 2.08. The molecule has 1 saturated heterocycles. The average Bonchev–Trinajstić information content (AvgIpc) is 2.87. The molecule has 6 nitrogen and oxygen atoms in total. The Labute approximate surface area is 175 Å². The van der Waals surface area contributed by atoms with Gasteiger partial charge >= 0.3 is 0 Å². The van der Waals surface area contributed by atoms with E-state index >= 15 is 0 Å². The van der Waals surface area contributed by atoms with Crippen LogP contribution in [0.2, 0.25) is 0 Å². The van der Waals surface area contributed by atoms with Crippen molar-refractivity contribution in [2.24, 2.45) is 0 Å². The molecule has 2 aromatic carbocycles. The first kappa shape index (κ1) is 19.9. The van der Waals surface area contributed by atoms with Gasteiger partial charge in [0, 0.05) is 21.9 Å². The maximum atomic E-state index is 13.1. The molecule has 2 aliphatic heterocycles. The number of carbonyl (C=O) groups is 2. The number of amides is 2. The van der Waals surface area contributed by atoms with Crippen LogP contribution in [0.5, 0.6) is 0 Å². The molecule has 0 radical (unpaired) electrons. The third-order valence-electron chi connectivity index (χ3n) is 5.37. The van der Waals surface area contributed by atoms with Crippen molar-refractivity contribution in [2.75, 3.05) is 50.8 Å². The summed E-state index contributed by atoms with van der Waals surface area (Å²) in [4.78, 5) is 30.9. The van der Waals surface area contributed by atoms with Gasteiger partial charge < -0.3 is 19.9 Å². The molecule has 4 rings (SSSR count). The van der Waals surface area contributed by atoms with Crippen molar-refractivity contribution in [1.29, 1.82) is 0 Å². The molecule has 1 fully saturated rings. The van der Waals surface area contributed by atoms with Crippen molar-refractivity contribution in [3.05, 3.63) is 53.6 Å². The second-order valence-corrected chi connectivity index (χ2v) is 8.28. The summed E-state index contributed by atoms with van der Waals surface area (Å²) in [6.07, 6.45) is 0. The van der Waals surface area contributed by atoms with Crippen LogP contribution in [-0.4, -0.2) is 57.8 Å². The molecular weight excluding hydrogens is 386 g/mol. The minimum absolute atomic E-state index is 0.0252. The molecule has 2 aliphatic rings. The maximum absolute atomic E-state index is 13.1. The van der Waals surface area contributed by atoms with Gasteiger partial charge in [0.2, 0.25) is 0 Å². The number of ether oxygens (including phenoxy) is 1. The number of anilines is 1. The molecule has 0 aromatic heterocycles. The number of quaternary nitrogens is 1. The summed E-state index contributed by atoms with van der Waals surface area (Å²) < 4.78 is 5.37. The number of hydrogen-bond acceptors (Lipinski definition) is 4. The topological polar surface area (TPSA) is 63.1 Å². The lowest BCUT2D eigenvalue weighted by Gasteiger charge is -2.24. The molecule has 0 unspecified atom stereocenters. The number of hydrogen-bond donors (Lipinski definition) is 2. The first-order valence-corrected chi connectivity index (χ1v) is 10.9. The molecule has 2 amide bonds. The molecular formula is C22H26N3O3S+.